The Morgan fingerprint density at radius 3 is 2.21 bits per heavy atom. The van der Waals surface area contributed by atoms with Crippen molar-refractivity contribution < 1.29 is 19.8 Å². The van der Waals surface area contributed by atoms with E-state index in [1.165, 1.54) is 37.8 Å². The third-order valence-electron chi connectivity index (χ3n) is 3.11. The summed E-state index contributed by atoms with van der Waals surface area (Å²) in [4.78, 5) is 21.1. The Hall–Kier alpha value is -1.84. The van der Waals surface area contributed by atoms with Crippen LogP contribution in [0.5, 0.6) is 0 Å². The summed E-state index contributed by atoms with van der Waals surface area (Å²) in [6.45, 7) is 3.88. The molecule has 0 aromatic heterocycles. The van der Waals surface area contributed by atoms with Crippen molar-refractivity contribution >= 4 is 11.9 Å². The SMILES string of the molecule is CCCC1CC1.Cc1ccc(C(=O)O)cc1C(=O)O. The van der Waals surface area contributed by atoms with Gasteiger partial charge in [-0.1, -0.05) is 38.7 Å². The molecule has 0 heterocycles. The minimum Gasteiger partial charge on any atom is -0.478 e. The van der Waals surface area contributed by atoms with E-state index in [0.717, 1.165) is 12.0 Å². The topological polar surface area (TPSA) is 74.6 Å². The van der Waals surface area contributed by atoms with Crippen molar-refractivity contribution in [2.45, 2.75) is 39.5 Å². The Morgan fingerprint density at radius 2 is 1.84 bits per heavy atom. The number of carbonyl (C=O) groups is 2. The molecule has 1 fully saturated rings. The fourth-order valence-electron chi connectivity index (χ4n) is 1.80. The zero-order valence-corrected chi connectivity index (χ0v) is 11.3. The molecule has 2 N–H and O–H groups in total. The Balaban J connectivity index is 0.000000250. The lowest BCUT2D eigenvalue weighted by Crippen LogP contribution is -2.03. The number of benzene rings is 1. The fourth-order valence-corrected chi connectivity index (χ4v) is 1.80. The highest BCUT2D eigenvalue weighted by Crippen LogP contribution is 2.32. The van der Waals surface area contributed by atoms with Crippen LogP contribution in [-0.4, -0.2) is 22.2 Å². The van der Waals surface area contributed by atoms with Gasteiger partial charge in [0.1, 0.15) is 0 Å². The molecule has 4 heteroatoms. The number of aromatic carboxylic acids is 2. The van der Waals surface area contributed by atoms with Crippen LogP contribution in [0, 0.1) is 12.8 Å². The second-order valence-electron chi connectivity index (χ2n) is 4.87. The van der Waals surface area contributed by atoms with Gasteiger partial charge in [0.15, 0.2) is 0 Å². The number of rotatable bonds is 4. The minimum atomic E-state index is -1.12. The molecule has 0 unspecified atom stereocenters. The van der Waals surface area contributed by atoms with Crippen LogP contribution in [0.25, 0.3) is 0 Å². The predicted octanol–water partition coefficient (Wildman–Crippen LogP) is 3.59. The van der Waals surface area contributed by atoms with Crippen LogP contribution in [0.15, 0.2) is 18.2 Å². The van der Waals surface area contributed by atoms with Crippen LogP contribution in [0.4, 0.5) is 0 Å². The lowest BCUT2D eigenvalue weighted by molar-refractivity contribution is 0.0695. The third kappa shape index (κ3) is 5.12. The maximum atomic E-state index is 10.6. The summed E-state index contributed by atoms with van der Waals surface area (Å²) < 4.78 is 0. The van der Waals surface area contributed by atoms with Crippen molar-refractivity contribution in [1.29, 1.82) is 0 Å². The second-order valence-corrected chi connectivity index (χ2v) is 4.87. The molecule has 1 aromatic carbocycles. The van der Waals surface area contributed by atoms with Crippen molar-refractivity contribution in [1.82, 2.24) is 0 Å². The number of carboxylic acids is 2. The minimum absolute atomic E-state index is 0.0111. The van der Waals surface area contributed by atoms with E-state index in [1.807, 2.05) is 0 Å². The maximum absolute atomic E-state index is 10.6. The molecule has 4 nitrogen and oxygen atoms in total. The molecular weight excluding hydrogens is 244 g/mol. The first kappa shape index (κ1) is 15.2. The summed E-state index contributed by atoms with van der Waals surface area (Å²) in [7, 11) is 0. The molecule has 0 atom stereocenters. The Morgan fingerprint density at radius 1 is 1.21 bits per heavy atom. The molecule has 0 aliphatic heterocycles. The van der Waals surface area contributed by atoms with Crippen LogP contribution in [0.1, 0.15) is 58.9 Å². The van der Waals surface area contributed by atoms with E-state index in [0.29, 0.717) is 5.56 Å². The van der Waals surface area contributed by atoms with Gasteiger partial charge in [0.25, 0.3) is 0 Å². The highest BCUT2D eigenvalue weighted by atomic mass is 16.4. The van der Waals surface area contributed by atoms with E-state index >= 15 is 0 Å². The van der Waals surface area contributed by atoms with Gasteiger partial charge in [0.05, 0.1) is 11.1 Å². The Labute approximate surface area is 113 Å². The molecule has 1 aliphatic rings. The lowest BCUT2D eigenvalue weighted by atomic mass is 10.1. The van der Waals surface area contributed by atoms with Crippen LogP contribution < -0.4 is 0 Å². The monoisotopic (exact) mass is 264 g/mol. The van der Waals surface area contributed by atoms with Crippen LogP contribution >= 0.6 is 0 Å². The van der Waals surface area contributed by atoms with Crippen molar-refractivity contribution in [3.63, 3.8) is 0 Å². The predicted molar refractivity (Wildman–Crippen MR) is 72.7 cm³/mol. The molecular formula is C15H20O4. The maximum Gasteiger partial charge on any atom is 0.335 e. The van der Waals surface area contributed by atoms with Gasteiger partial charge in [-0.25, -0.2) is 9.59 Å². The summed E-state index contributed by atoms with van der Waals surface area (Å²) in [5.41, 5.74) is 0.570. The molecule has 0 bridgehead atoms. The first-order valence-electron chi connectivity index (χ1n) is 6.53. The fraction of sp³-hybridized carbons (Fsp3) is 0.467. The lowest BCUT2D eigenvalue weighted by Gasteiger charge is -2.01. The summed E-state index contributed by atoms with van der Waals surface area (Å²) in [5.74, 6) is -1.09. The molecule has 104 valence electrons. The van der Waals surface area contributed by atoms with Crippen LogP contribution in [-0.2, 0) is 0 Å². The van der Waals surface area contributed by atoms with Crippen molar-refractivity contribution in [3.8, 4) is 0 Å². The molecule has 1 saturated carbocycles. The average molecular weight is 264 g/mol. The van der Waals surface area contributed by atoms with Gasteiger partial charge in [-0.15, -0.1) is 0 Å². The molecule has 1 aliphatic carbocycles. The van der Waals surface area contributed by atoms with E-state index in [4.69, 9.17) is 10.2 Å². The zero-order chi connectivity index (χ0) is 14.4. The quantitative estimate of drug-likeness (QED) is 0.871. The molecule has 0 radical (unpaired) electrons. The van der Waals surface area contributed by atoms with E-state index < -0.39 is 11.9 Å². The van der Waals surface area contributed by atoms with Gasteiger partial charge >= 0.3 is 11.9 Å². The zero-order valence-electron chi connectivity index (χ0n) is 11.3. The molecule has 0 spiro atoms. The van der Waals surface area contributed by atoms with E-state index in [2.05, 4.69) is 6.92 Å². The number of aryl methyl sites for hydroxylation is 1. The van der Waals surface area contributed by atoms with Crippen molar-refractivity contribution in [2.75, 3.05) is 0 Å². The summed E-state index contributed by atoms with van der Waals surface area (Å²) in [6.07, 6.45) is 5.92. The van der Waals surface area contributed by atoms with E-state index in [-0.39, 0.29) is 11.1 Å². The van der Waals surface area contributed by atoms with Crippen molar-refractivity contribution in [2.24, 2.45) is 5.92 Å². The van der Waals surface area contributed by atoms with Crippen molar-refractivity contribution in [3.05, 3.63) is 34.9 Å². The van der Waals surface area contributed by atoms with E-state index in [1.54, 1.807) is 6.92 Å². The summed E-state index contributed by atoms with van der Waals surface area (Å²) in [5, 5.41) is 17.3. The molecule has 19 heavy (non-hydrogen) atoms. The van der Waals surface area contributed by atoms with E-state index in [9.17, 15) is 9.59 Å². The highest BCUT2D eigenvalue weighted by Gasteiger charge is 2.18. The largest absolute Gasteiger partial charge is 0.478 e. The number of carboxylic acid groups (broad SMARTS) is 2. The van der Waals surface area contributed by atoms with Gasteiger partial charge in [0.2, 0.25) is 0 Å². The third-order valence-corrected chi connectivity index (χ3v) is 3.11. The highest BCUT2D eigenvalue weighted by molar-refractivity contribution is 5.94. The number of hydrogen-bond acceptors (Lipinski definition) is 2. The first-order valence-corrected chi connectivity index (χ1v) is 6.53. The number of hydrogen-bond donors (Lipinski definition) is 2. The Bertz CT molecular complexity index is 461. The van der Waals surface area contributed by atoms with Gasteiger partial charge in [-0.3, -0.25) is 0 Å². The Kier molecular flexibility index (Phi) is 5.55. The smallest absolute Gasteiger partial charge is 0.335 e. The molecule has 1 aromatic rings. The molecule has 0 saturated heterocycles. The first-order chi connectivity index (χ1) is 8.95. The standard InChI is InChI=1S/C9H8O4.C6H12/c1-5-2-3-6(8(10)11)4-7(5)9(12)13;1-2-3-6-4-5-6/h2-4H,1H3,(H,10,11)(H,12,13);6H,2-5H2,1H3. The second kappa shape index (κ2) is 6.92. The van der Waals surface area contributed by atoms with Gasteiger partial charge in [-0.05, 0) is 30.5 Å². The molecule has 2 rings (SSSR count). The summed E-state index contributed by atoms with van der Waals surface area (Å²) in [6, 6.07) is 4.01. The molecule has 0 amide bonds. The summed E-state index contributed by atoms with van der Waals surface area (Å²) >= 11 is 0. The average Bonchev–Trinajstić information content (AvgIpc) is 3.14. The van der Waals surface area contributed by atoms with Gasteiger partial charge in [-0.2, -0.15) is 0 Å². The van der Waals surface area contributed by atoms with Crippen LogP contribution in [0.2, 0.25) is 0 Å². The van der Waals surface area contributed by atoms with Crippen LogP contribution in [0.3, 0.4) is 0 Å². The normalized spacial score (nSPS) is 13.4. The van der Waals surface area contributed by atoms with Gasteiger partial charge in [0, 0.05) is 0 Å². The van der Waals surface area contributed by atoms with Gasteiger partial charge < -0.3 is 10.2 Å².